The Bertz CT molecular complexity index is 713. The van der Waals surface area contributed by atoms with Gasteiger partial charge >= 0.3 is 6.18 Å². The largest absolute Gasteiger partial charge is 0.416 e. The van der Waals surface area contributed by atoms with Gasteiger partial charge in [0.25, 0.3) is 5.91 Å². The third-order valence-electron chi connectivity index (χ3n) is 3.46. The molecule has 0 aliphatic heterocycles. The van der Waals surface area contributed by atoms with Gasteiger partial charge in [-0.1, -0.05) is 30.3 Å². The first kappa shape index (κ1) is 18.5. The minimum atomic E-state index is -4.45. The average molecular weight is 350 g/mol. The van der Waals surface area contributed by atoms with Gasteiger partial charge in [0.05, 0.1) is 12.1 Å². The highest BCUT2D eigenvalue weighted by Gasteiger charge is 2.30. The van der Waals surface area contributed by atoms with Crippen LogP contribution in [0.25, 0.3) is 0 Å². The molecule has 0 fully saturated rings. The van der Waals surface area contributed by atoms with Crippen molar-refractivity contribution in [1.82, 2.24) is 10.6 Å². The zero-order chi connectivity index (χ0) is 18.3. The molecule has 0 saturated heterocycles. The van der Waals surface area contributed by atoms with E-state index in [1.807, 2.05) is 30.3 Å². The number of carbonyl (C=O) groups is 2. The summed E-state index contributed by atoms with van der Waals surface area (Å²) in [5.74, 6) is -0.969. The molecule has 0 spiro atoms. The monoisotopic (exact) mass is 350 g/mol. The summed E-state index contributed by atoms with van der Waals surface area (Å²) in [7, 11) is 0. The Morgan fingerprint density at radius 3 is 2.12 bits per heavy atom. The molecular formula is C18H17F3N2O2. The molecule has 0 aliphatic carbocycles. The van der Waals surface area contributed by atoms with Gasteiger partial charge in [0.1, 0.15) is 0 Å². The lowest BCUT2D eigenvalue weighted by molar-refractivity contribution is -0.137. The predicted molar refractivity (Wildman–Crippen MR) is 86.9 cm³/mol. The summed E-state index contributed by atoms with van der Waals surface area (Å²) in [6.07, 6.45) is -3.78. The van der Waals surface area contributed by atoms with Gasteiger partial charge in [-0.2, -0.15) is 13.2 Å². The lowest BCUT2D eigenvalue weighted by atomic mass is 10.1. The summed E-state index contributed by atoms with van der Waals surface area (Å²) in [6, 6.07) is 13.4. The first-order chi connectivity index (χ1) is 11.9. The molecule has 0 saturated carbocycles. The molecule has 2 N–H and O–H groups in total. The molecule has 4 nitrogen and oxygen atoms in total. The maximum Gasteiger partial charge on any atom is 0.416 e. The van der Waals surface area contributed by atoms with Crippen molar-refractivity contribution in [2.45, 2.75) is 12.6 Å². The molecule has 0 bridgehead atoms. The molecule has 0 heterocycles. The highest BCUT2D eigenvalue weighted by molar-refractivity contribution is 5.96. The van der Waals surface area contributed by atoms with Crippen LogP contribution in [0.3, 0.4) is 0 Å². The number of hydrogen-bond acceptors (Lipinski definition) is 2. The molecule has 0 aromatic heterocycles. The molecule has 7 heteroatoms. The summed E-state index contributed by atoms with van der Waals surface area (Å²) in [6.45, 7) is 0.188. The first-order valence-electron chi connectivity index (χ1n) is 7.62. The van der Waals surface area contributed by atoms with Gasteiger partial charge < -0.3 is 10.6 Å². The van der Waals surface area contributed by atoms with Crippen LogP contribution in [0, 0.1) is 0 Å². The SMILES string of the molecule is O=C(CNC(=O)c1ccc(C(F)(F)F)cc1)NCCc1ccccc1. The van der Waals surface area contributed by atoms with E-state index in [-0.39, 0.29) is 18.0 Å². The molecule has 0 atom stereocenters. The fraction of sp³-hybridized carbons (Fsp3) is 0.222. The Kier molecular flexibility index (Phi) is 6.16. The number of alkyl halides is 3. The second kappa shape index (κ2) is 8.32. The third-order valence-corrected chi connectivity index (χ3v) is 3.46. The highest BCUT2D eigenvalue weighted by atomic mass is 19.4. The van der Waals surface area contributed by atoms with Crippen molar-refractivity contribution in [1.29, 1.82) is 0 Å². The van der Waals surface area contributed by atoms with Crippen LogP contribution in [-0.4, -0.2) is 24.9 Å². The standard InChI is InChI=1S/C18H17F3N2O2/c19-18(20,21)15-8-6-14(7-9-15)17(25)23-12-16(24)22-11-10-13-4-2-1-3-5-13/h1-9H,10-12H2,(H,22,24)(H,23,25). The summed E-state index contributed by atoms with van der Waals surface area (Å²) in [4.78, 5) is 23.5. The van der Waals surface area contributed by atoms with E-state index in [0.717, 1.165) is 29.8 Å². The number of benzene rings is 2. The molecule has 2 amide bonds. The van der Waals surface area contributed by atoms with E-state index >= 15 is 0 Å². The Morgan fingerprint density at radius 2 is 1.52 bits per heavy atom. The molecule has 0 aliphatic rings. The lowest BCUT2D eigenvalue weighted by Gasteiger charge is -2.09. The second-order valence-corrected chi connectivity index (χ2v) is 5.34. The van der Waals surface area contributed by atoms with E-state index in [0.29, 0.717) is 13.0 Å². The summed E-state index contributed by atoms with van der Waals surface area (Å²) < 4.78 is 37.4. The molecule has 2 aromatic rings. The van der Waals surface area contributed by atoms with E-state index in [1.165, 1.54) is 0 Å². The van der Waals surface area contributed by atoms with Crippen LogP contribution in [-0.2, 0) is 17.4 Å². The molecule has 2 rings (SSSR count). The van der Waals surface area contributed by atoms with Crippen LogP contribution < -0.4 is 10.6 Å². The quantitative estimate of drug-likeness (QED) is 0.842. The molecule has 25 heavy (non-hydrogen) atoms. The highest BCUT2D eigenvalue weighted by Crippen LogP contribution is 2.28. The zero-order valence-electron chi connectivity index (χ0n) is 13.3. The van der Waals surface area contributed by atoms with E-state index in [9.17, 15) is 22.8 Å². The van der Waals surface area contributed by atoms with E-state index in [4.69, 9.17) is 0 Å². The van der Waals surface area contributed by atoms with Gasteiger partial charge in [-0.25, -0.2) is 0 Å². The topological polar surface area (TPSA) is 58.2 Å². The van der Waals surface area contributed by atoms with Gasteiger partial charge in [0.2, 0.25) is 5.91 Å². The third kappa shape index (κ3) is 5.95. The maximum absolute atomic E-state index is 12.5. The summed E-state index contributed by atoms with van der Waals surface area (Å²) in [5, 5.41) is 5.04. The Labute approximate surface area is 143 Å². The molecule has 0 radical (unpaired) electrons. The smallest absolute Gasteiger partial charge is 0.354 e. The van der Waals surface area contributed by atoms with Crippen LogP contribution in [0.15, 0.2) is 54.6 Å². The van der Waals surface area contributed by atoms with Crippen molar-refractivity contribution < 1.29 is 22.8 Å². The minimum absolute atomic E-state index is 0.0603. The molecule has 2 aromatic carbocycles. The minimum Gasteiger partial charge on any atom is -0.354 e. The van der Waals surface area contributed by atoms with Crippen LogP contribution >= 0.6 is 0 Å². The number of nitrogens with one attached hydrogen (secondary N) is 2. The van der Waals surface area contributed by atoms with Crippen molar-refractivity contribution in [3.63, 3.8) is 0 Å². The summed E-state index contributed by atoms with van der Waals surface area (Å²) in [5.41, 5.74) is 0.310. The number of halogens is 3. The van der Waals surface area contributed by atoms with Gasteiger partial charge in [0.15, 0.2) is 0 Å². The van der Waals surface area contributed by atoms with E-state index in [1.54, 1.807) is 0 Å². The van der Waals surface area contributed by atoms with Crippen LogP contribution in [0.4, 0.5) is 13.2 Å². The molecule has 132 valence electrons. The average Bonchev–Trinajstić information content (AvgIpc) is 2.60. The normalized spacial score (nSPS) is 11.0. The fourth-order valence-corrected chi connectivity index (χ4v) is 2.13. The Hall–Kier alpha value is -2.83. The number of rotatable bonds is 6. The van der Waals surface area contributed by atoms with Gasteiger partial charge in [-0.05, 0) is 36.2 Å². The van der Waals surface area contributed by atoms with Gasteiger partial charge in [0, 0.05) is 12.1 Å². The lowest BCUT2D eigenvalue weighted by Crippen LogP contribution is -2.37. The van der Waals surface area contributed by atoms with Crippen molar-refractivity contribution >= 4 is 11.8 Å². The zero-order valence-corrected chi connectivity index (χ0v) is 13.3. The van der Waals surface area contributed by atoms with Crippen LogP contribution in [0.2, 0.25) is 0 Å². The molecular weight excluding hydrogens is 333 g/mol. The van der Waals surface area contributed by atoms with Crippen LogP contribution in [0.5, 0.6) is 0 Å². The molecule has 0 unspecified atom stereocenters. The van der Waals surface area contributed by atoms with Crippen molar-refractivity contribution in [2.75, 3.05) is 13.1 Å². The Balaban J connectivity index is 1.74. The first-order valence-corrected chi connectivity index (χ1v) is 7.62. The van der Waals surface area contributed by atoms with E-state index < -0.39 is 17.6 Å². The summed E-state index contributed by atoms with van der Waals surface area (Å²) >= 11 is 0. The van der Waals surface area contributed by atoms with E-state index in [2.05, 4.69) is 10.6 Å². The second-order valence-electron chi connectivity index (χ2n) is 5.34. The van der Waals surface area contributed by atoms with Gasteiger partial charge in [-0.15, -0.1) is 0 Å². The number of hydrogen-bond donors (Lipinski definition) is 2. The number of carbonyl (C=O) groups excluding carboxylic acids is 2. The van der Waals surface area contributed by atoms with Crippen molar-refractivity contribution in [2.24, 2.45) is 0 Å². The fourth-order valence-electron chi connectivity index (χ4n) is 2.13. The van der Waals surface area contributed by atoms with Crippen LogP contribution in [0.1, 0.15) is 21.5 Å². The van der Waals surface area contributed by atoms with Gasteiger partial charge in [-0.3, -0.25) is 9.59 Å². The number of amides is 2. The van der Waals surface area contributed by atoms with Crippen molar-refractivity contribution in [3.05, 3.63) is 71.3 Å². The predicted octanol–water partition coefficient (Wildman–Crippen LogP) is 2.79. The van der Waals surface area contributed by atoms with Crippen molar-refractivity contribution in [3.8, 4) is 0 Å². The maximum atomic E-state index is 12.5. The Morgan fingerprint density at radius 1 is 0.880 bits per heavy atom.